The van der Waals surface area contributed by atoms with Crippen LogP contribution < -0.4 is 27.6 Å². The Balaban J connectivity index is 0.00000161. The van der Waals surface area contributed by atoms with Gasteiger partial charge in [0.15, 0.2) is 21.5 Å². The van der Waals surface area contributed by atoms with Crippen molar-refractivity contribution >= 4 is 32.1 Å². The molecule has 2 aromatic carbocycles. The van der Waals surface area contributed by atoms with E-state index in [2.05, 4.69) is 76.2 Å². The zero-order valence-electron chi connectivity index (χ0n) is 12.1. The van der Waals surface area contributed by atoms with Gasteiger partial charge in [-0.1, -0.05) is 42.8 Å². The van der Waals surface area contributed by atoms with E-state index in [1.54, 1.807) is 0 Å². The average Bonchev–Trinajstić information content (AvgIpc) is 2.56. The van der Waals surface area contributed by atoms with Gasteiger partial charge in [-0.25, -0.2) is 0 Å². The third kappa shape index (κ3) is 3.60. The molecule has 0 unspecified atom stereocenters. The summed E-state index contributed by atoms with van der Waals surface area (Å²) in [5, 5.41) is 3.00. The maximum absolute atomic E-state index is 4.27. The minimum Gasteiger partial charge on any atom is -1.00 e. The molecule has 3 rings (SSSR count). The van der Waals surface area contributed by atoms with Crippen molar-refractivity contribution in [1.82, 2.24) is 0 Å². The van der Waals surface area contributed by atoms with Crippen molar-refractivity contribution in [3.63, 3.8) is 0 Å². The highest BCUT2D eigenvalue weighted by Crippen LogP contribution is 2.70. The van der Waals surface area contributed by atoms with Crippen LogP contribution >= 0.6 is 21.5 Å². The molecule has 0 aliphatic heterocycles. The van der Waals surface area contributed by atoms with Crippen molar-refractivity contribution in [1.29, 1.82) is 0 Å². The Hall–Kier alpha value is -0.170. The Morgan fingerprint density at radius 3 is 1.57 bits per heavy atom. The van der Waals surface area contributed by atoms with Gasteiger partial charge in [-0.2, -0.15) is 0 Å². The van der Waals surface area contributed by atoms with Crippen molar-refractivity contribution in [2.24, 2.45) is 0 Å². The van der Waals surface area contributed by atoms with Crippen molar-refractivity contribution in [3.8, 4) is 0 Å². The Morgan fingerprint density at radius 1 is 0.714 bits per heavy atom. The zero-order chi connectivity index (χ0) is 13.8. The van der Waals surface area contributed by atoms with Gasteiger partial charge in [-0.15, -0.1) is 0 Å². The summed E-state index contributed by atoms with van der Waals surface area (Å²) in [4.78, 5) is 0. The van der Waals surface area contributed by atoms with E-state index in [0.29, 0.717) is 0 Å². The first kappa shape index (κ1) is 17.2. The van der Waals surface area contributed by atoms with Crippen LogP contribution in [0.1, 0.15) is 32.1 Å². The van der Waals surface area contributed by atoms with E-state index in [4.69, 9.17) is 0 Å². The van der Waals surface area contributed by atoms with Crippen molar-refractivity contribution in [2.45, 2.75) is 37.8 Å². The summed E-state index contributed by atoms with van der Waals surface area (Å²) in [5.41, 5.74) is 0.793. The van der Waals surface area contributed by atoms with Gasteiger partial charge in [0.1, 0.15) is 10.6 Å². The number of hydrogen-bond acceptors (Lipinski definition) is 0. The molecule has 0 nitrogen and oxygen atoms in total. The molecule has 0 amide bonds. The Kier molecular flexibility index (Phi) is 6.47. The maximum Gasteiger partial charge on any atom is 0.151 e. The van der Waals surface area contributed by atoms with Crippen LogP contribution in [0.25, 0.3) is 0 Å². The summed E-state index contributed by atoms with van der Waals surface area (Å²) in [5.74, 6) is -1.44. The first-order chi connectivity index (χ1) is 9.82. The van der Waals surface area contributed by atoms with Gasteiger partial charge in [0.25, 0.3) is 0 Å². The second kappa shape index (κ2) is 7.90. The molecule has 0 bridgehead atoms. The minimum atomic E-state index is -1.44. The summed E-state index contributed by atoms with van der Waals surface area (Å²) in [6, 6.07) is 22.2. The van der Waals surface area contributed by atoms with Crippen LogP contribution in [0.2, 0.25) is 0 Å². The maximum atomic E-state index is 4.27. The molecule has 21 heavy (non-hydrogen) atoms. The number of rotatable bonds is 3. The van der Waals surface area contributed by atoms with Crippen molar-refractivity contribution in [3.05, 3.63) is 60.7 Å². The summed E-state index contributed by atoms with van der Waals surface area (Å²) in [6.45, 7) is 0. The molecule has 1 saturated carbocycles. The zero-order valence-corrected chi connectivity index (χ0v) is 16.2. The molecule has 0 spiro atoms. The molecule has 0 N–H and O–H groups in total. The minimum absolute atomic E-state index is 0. The third-order valence-corrected chi connectivity index (χ3v) is 12.2. The van der Waals surface area contributed by atoms with Crippen LogP contribution in [0.5, 0.6) is 0 Å². The van der Waals surface area contributed by atoms with Gasteiger partial charge in [-0.3, -0.25) is 0 Å². The standard InChI is InChI=1S/C18H21BrP.BrH/c19-20(16-10-4-1-5-11-16,17-12-6-2-7-13-17)18-14-8-3-9-15-18;/h1-2,4-7,10-13,18H,3,8-9,14-15H2;1H/q+1;/p-1. The Morgan fingerprint density at radius 2 is 1.14 bits per heavy atom. The fraction of sp³-hybridized carbons (Fsp3) is 0.333. The van der Waals surface area contributed by atoms with E-state index < -0.39 is 5.96 Å². The molecule has 1 fully saturated rings. The highest BCUT2D eigenvalue weighted by molar-refractivity contribution is 9.43. The molecule has 2 aromatic rings. The summed E-state index contributed by atoms with van der Waals surface area (Å²) in [6.07, 6.45) is 6.91. The lowest BCUT2D eigenvalue weighted by atomic mass is 10.0. The molecule has 1 aliphatic carbocycles. The molecular weight excluding hydrogens is 407 g/mol. The van der Waals surface area contributed by atoms with Gasteiger partial charge >= 0.3 is 0 Å². The van der Waals surface area contributed by atoms with Crippen molar-refractivity contribution < 1.29 is 17.0 Å². The van der Waals surface area contributed by atoms with E-state index >= 15 is 0 Å². The van der Waals surface area contributed by atoms with E-state index in [1.807, 2.05) is 0 Å². The molecule has 0 heterocycles. The lowest BCUT2D eigenvalue weighted by Crippen LogP contribution is -3.00. The lowest BCUT2D eigenvalue weighted by molar-refractivity contribution is -0.00000381. The van der Waals surface area contributed by atoms with Crippen LogP contribution in [0.15, 0.2) is 60.7 Å². The van der Waals surface area contributed by atoms with E-state index in [1.165, 1.54) is 42.7 Å². The SMILES string of the molecule is Br[P+](c1ccccc1)(c1ccccc1)C1CCCCC1.[Br-]. The summed E-state index contributed by atoms with van der Waals surface area (Å²) in [7, 11) is 0. The number of hydrogen-bond donors (Lipinski definition) is 0. The van der Waals surface area contributed by atoms with Crippen LogP contribution in [0.3, 0.4) is 0 Å². The van der Waals surface area contributed by atoms with Gasteiger partial charge in [0.2, 0.25) is 0 Å². The van der Waals surface area contributed by atoms with Crippen LogP contribution in [-0.2, 0) is 0 Å². The largest absolute Gasteiger partial charge is 1.00 e. The second-order valence-corrected chi connectivity index (χ2v) is 12.0. The average molecular weight is 428 g/mol. The molecule has 0 aromatic heterocycles. The Labute approximate surface area is 147 Å². The van der Waals surface area contributed by atoms with E-state index in [0.717, 1.165) is 5.66 Å². The molecule has 0 radical (unpaired) electrons. The topological polar surface area (TPSA) is 0 Å². The van der Waals surface area contributed by atoms with Crippen molar-refractivity contribution in [2.75, 3.05) is 0 Å². The molecule has 112 valence electrons. The smallest absolute Gasteiger partial charge is 0.151 e. The fourth-order valence-electron chi connectivity index (χ4n) is 3.30. The summed E-state index contributed by atoms with van der Waals surface area (Å²) >= 11 is 4.27. The van der Waals surface area contributed by atoms with Crippen LogP contribution in [0.4, 0.5) is 0 Å². The number of halogens is 2. The van der Waals surface area contributed by atoms with Gasteiger partial charge < -0.3 is 17.0 Å². The predicted molar refractivity (Wildman–Crippen MR) is 94.9 cm³/mol. The van der Waals surface area contributed by atoms with E-state index in [9.17, 15) is 0 Å². The third-order valence-electron chi connectivity index (χ3n) is 4.34. The Bertz CT molecular complexity index is 496. The first-order valence-electron chi connectivity index (χ1n) is 7.51. The second-order valence-electron chi connectivity index (χ2n) is 5.60. The van der Waals surface area contributed by atoms with Crippen LogP contribution in [0, 0.1) is 0 Å². The first-order valence-corrected chi connectivity index (χ1v) is 11.4. The quantitative estimate of drug-likeness (QED) is 0.659. The number of benzene rings is 2. The molecule has 1 aliphatic rings. The van der Waals surface area contributed by atoms with E-state index in [-0.39, 0.29) is 17.0 Å². The predicted octanol–water partition coefficient (Wildman–Crippen LogP) is 2.30. The highest BCUT2D eigenvalue weighted by Gasteiger charge is 2.48. The lowest BCUT2D eigenvalue weighted by Gasteiger charge is -2.31. The van der Waals surface area contributed by atoms with Crippen LogP contribution in [-0.4, -0.2) is 5.66 Å². The normalized spacial score (nSPS) is 16.2. The fourth-order valence-corrected chi connectivity index (χ4v) is 9.37. The molecule has 0 saturated heterocycles. The van der Waals surface area contributed by atoms with Gasteiger partial charge in [0.05, 0.1) is 5.66 Å². The molecular formula is C18H21Br2P. The van der Waals surface area contributed by atoms with Gasteiger partial charge in [-0.05, 0) is 49.9 Å². The highest BCUT2D eigenvalue weighted by atomic mass is 79.9. The molecule has 3 heteroatoms. The summed E-state index contributed by atoms with van der Waals surface area (Å²) < 4.78 is 0. The molecule has 0 atom stereocenters. The van der Waals surface area contributed by atoms with Gasteiger partial charge in [0, 0.05) is 0 Å². The monoisotopic (exact) mass is 426 g/mol.